The number of thioether (sulfide) groups is 1. The topological polar surface area (TPSA) is 79.9 Å². The number of nitrogens with zero attached hydrogens (tertiary/aromatic N) is 2. The molecule has 2 N–H and O–H groups in total. The number of H-pyrrole nitrogens is 1. The van der Waals surface area contributed by atoms with Crippen LogP contribution in [-0.2, 0) is 4.79 Å². The first-order valence-corrected chi connectivity index (χ1v) is 8.70. The summed E-state index contributed by atoms with van der Waals surface area (Å²) >= 11 is 7.33. The second-order valence-electron chi connectivity index (χ2n) is 6.31. The van der Waals surface area contributed by atoms with Gasteiger partial charge in [0, 0.05) is 10.6 Å². The van der Waals surface area contributed by atoms with Crippen molar-refractivity contribution in [3.05, 3.63) is 23.2 Å². The molecule has 1 atom stereocenters. The Balaban J connectivity index is 2.14. The molecule has 8 heteroatoms. The second-order valence-corrected chi connectivity index (χ2v) is 8.05. The highest BCUT2D eigenvalue weighted by molar-refractivity contribution is 8.00. The van der Waals surface area contributed by atoms with E-state index in [0.29, 0.717) is 21.8 Å². The van der Waals surface area contributed by atoms with E-state index in [1.165, 1.54) is 11.8 Å². The van der Waals surface area contributed by atoms with Crippen LogP contribution in [-0.4, -0.2) is 39.0 Å². The molecule has 0 radical (unpaired) electrons. The van der Waals surface area contributed by atoms with Crippen LogP contribution >= 0.6 is 23.4 Å². The summed E-state index contributed by atoms with van der Waals surface area (Å²) < 4.78 is 5.32. The quantitative estimate of drug-likeness (QED) is 0.789. The zero-order valence-corrected chi connectivity index (χ0v) is 15.9. The number of halogens is 1. The summed E-state index contributed by atoms with van der Waals surface area (Å²) in [6.07, 6.45) is 0. The van der Waals surface area contributed by atoms with Crippen LogP contribution in [0.25, 0.3) is 11.4 Å². The van der Waals surface area contributed by atoms with E-state index in [9.17, 15) is 4.79 Å². The van der Waals surface area contributed by atoms with Crippen molar-refractivity contribution in [2.75, 3.05) is 7.11 Å². The van der Waals surface area contributed by atoms with E-state index in [1.807, 2.05) is 27.7 Å². The van der Waals surface area contributed by atoms with Crippen LogP contribution in [0.15, 0.2) is 23.4 Å². The molecule has 1 aromatic carbocycles. The molecular weight excluding hydrogens is 348 g/mol. The Morgan fingerprint density at radius 1 is 1.42 bits per heavy atom. The number of hydrogen-bond donors (Lipinski definition) is 2. The number of carbonyl (C=O) groups is 1. The van der Waals surface area contributed by atoms with E-state index >= 15 is 0 Å². The molecule has 0 bridgehead atoms. The van der Waals surface area contributed by atoms with Crippen molar-refractivity contribution in [1.82, 2.24) is 20.5 Å². The van der Waals surface area contributed by atoms with Gasteiger partial charge in [0.15, 0.2) is 5.82 Å². The zero-order chi connectivity index (χ0) is 17.9. The molecule has 0 unspecified atom stereocenters. The first kappa shape index (κ1) is 18.6. The maximum atomic E-state index is 12.1. The number of hydrogen-bond acceptors (Lipinski definition) is 5. The van der Waals surface area contributed by atoms with E-state index in [-0.39, 0.29) is 16.7 Å². The lowest BCUT2D eigenvalue weighted by Gasteiger charge is -2.22. The number of rotatable bonds is 5. The van der Waals surface area contributed by atoms with Crippen molar-refractivity contribution in [1.29, 1.82) is 0 Å². The number of nitrogens with one attached hydrogen (secondary N) is 2. The molecular formula is C16H21ClN4O2S. The Kier molecular flexibility index (Phi) is 5.77. The predicted octanol–water partition coefficient (Wildman–Crippen LogP) is 3.53. The Hall–Kier alpha value is -1.73. The summed E-state index contributed by atoms with van der Waals surface area (Å²) in [6.45, 7) is 7.65. The minimum Gasteiger partial charge on any atom is -0.496 e. The number of methoxy groups -OCH3 is 1. The number of carbonyl (C=O) groups excluding carboxylic acids is 1. The molecule has 0 saturated heterocycles. The monoisotopic (exact) mass is 368 g/mol. The largest absolute Gasteiger partial charge is 0.496 e. The van der Waals surface area contributed by atoms with Gasteiger partial charge in [0.05, 0.1) is 17.9 Å². The summed E-state index contributed by atoms with van der Waals surface area (Å²) in [7, 11) is 1.58. The van der Waals surface area contributed by atoms with Crippen LogP contribution in [0.4, 0.5) is 0 Å². The van der Waals surface area contributed by atoms with Gasteiger partial charge in [-0.05, 0) is 45.9 Å². The first-order chi connectivity index (χ1) is 11.2. The highest BCUT2D eigenvalue weighted by Gasteiger charge is 2.22. The zero-order valence-electron chi connectivity index (χ0n) is 14.3. The van der Waals surface area contributed by atoms with Crippen LogP contribution in [0.1, 0.15) is 27.7 Å². The van der Waals surface area contributed by atoms with Crippen molar-refractivity contribution in [3.8, 4) is 17.1 Å². The van der Waals surface area contributed by atoms with Gasteiger partial charge in [-0.2, -0.15) is 0 Å². The molecule has 0 aliphatic rings. The average Bonchev–Trinajstić information content (AvgIpc) is 2.93. The third kappa shape index (κ3) is 4.88. The minimum atomic E-state index is -0.311. The molecule has 6 nitrogen and oxygen atoms in total. The normalized spacial score (nSPS) is 12.8. The van der Waals surface area contributed by atoms with Crippen molar-refractivity contribution in [2.24, 2.45) is 0 Å². The van der Waals surface area contributed by atoms with Crippen LogP contribution in [0, 0.1) is 0 Å². The molecule has 1 heterocycles. The number of benzene rings is 1. The van der Waals surface area contributed by atoms with Crippen molar-refractivity contribution < 1.29 is 9.53 Å². The Morgan fingerprint density at radius 3 is 2.75 bits per heavy atom. The summed E-state index contributed by atoms with van der Waals surface area (Å²) in [5.74, 6) is 1.13. The molecule has 0 spiro atoms. The molecule has 2 aromatic rings. The summed E-state index contributed by atoms with van der Waals surface area (Å²) in [6, 6.07) is 5.27. The van der Waals surface area contributed by atoms with Gasteiger partial charge in [-0.15, -0.1) is 5.10 Å². The van der Waals surface area contributed by atoms with Gasteiger partial charge < -0.3 is 10.1 Å². The molecule has 24 heavy (non-hydrogen) atoms. The smallest absolute Gasteiger partial charge is 0.233 e. The van der Waals surface area contributed by atoms with Gasteiger partial charge >= 0.3 is 0 Å². The number of amides is 1. The van der Waals surface area contributed by atoms with Gasteiger partial charge in [-0.25, -0.2) is 4.98 Å². The van der Waals surface area contributed by atoms with Crippen LogP contribution in [0.3, 0.4) is 0 Å². The molecule has 0 fully saturated rings. The molecule has 2 rings (SSSR count). The van der Waals surface area contributed by atoms with Gasteiger partial charge in [0.2, 0.25) is 11.1 Å². The predicted molar refractivity (Wildman–Crippen MR) is 96.6 cm³/mol. The van der Waals surface area contributed by atoms with Crippen molar-refractivity contribution in [3.63, 3.8) is 0 Å². The molecule has 1 amide bonds. The van der Waals surface area contributed by atoms with Crippen molar-refractivity contribution >= 4 is 29.3 Å². The molecule has 130 valence electrons. The molecule has 0 aliphatic carbocycles. The third-order valence-corrected chi connectivity index (χ3v) is 4.23. The van der Waals surface area contributed by atoms with Crippen LogP contribution in [0.2, 0.25) is 5.02 Å². The number of aromatic amines is 1. The molecule has 1 aromatic heterocycles. The summed E-state index contributed by atoms with van der Waals surface area (Å²) in [4.78, 5) is 16.6. The van der Waals surface area contributed by atoms with Gasteiger partial charge in [0.25, 0.3) is 0 Å². The highest BCUT2D eigenvalue weighted by atomic mass is 35.5. The number of aromatic nitrogens is 3. The van der Waals surface area contributed by atoms with E-state index in [1.54, 1.807) is 25.3 Å². The average molecular weight is 369 g/mol. The summed E-state index contributed by atoms with van der Waals surface area (Å²) in [5.41, 5.74) is 0.445. The van der Waals surface area contributed by atoms with E-state index in [0.717, 1.165) is 5.56 Å². The third-order valence-electron chi connectivity index (χ3n) is 3.03. The van der Waals surface area contributed by atoms with Gasteiger partial charge in [-0.1, -0.05) is 23.4 Å². The SMILES string of the molecule is COc1ccc(Cl)cc1-c1nc(S[C@@H](C)C(=O)NC(C)(C)C)n[nH]1. The maximum Gasteiger partial charge on any atom is 0.233 e. The molecule has 0 saturated carbocycles. The Bertz CT molecular complexity index is 727. The fourth-order valence-corrected chi connectivity index (χ4v) is 2.86. The van der Waals surface area contributed by atoms with Gasteiger partial charge in [0.1, 0.15) is 5.75 Å². The first-order valence-electron chi connectivity index (χ1n) is 7.44. The lowest BCUT2D eigenvalue weighted by Crippen LogP contribution is -2.44. The van der Waals surface area contributed by atoms with E-state index in [2.05, 4.69) is 20.5 Å². The Morgan fingerprint density at radius 2 is 2.12 bits per heavy atom. The minimum absolute atomic E-state index is 0.0563. The van der Waals surface area contributed by atoms with Crippen LogP contribution < -0.4 is 10.1 Å². The van der Waals surface area contributed by atoms with Crippen LogP contribution in [0.5, 0.6) is 5.75 Å². The second kappa shape index (κ2) is 7.44. The maximum absolute atomic E-state index is 12.1. The Labute approximate surface area is 150 Å². The van der Waals surface area contributed by atoms with E-state index in [4.69, 9.17) is 16.3 Å². The van der Waals surface area contributed by atoms with Crippen molar-refractivity contribution in [2.45, 2.75) is 43.6 Å². The van der Waals surface area contributed by atoms with E-state index < -0.39 is 0 Å². The lowest BCUT2D eigenvalue weighted by atomic mass is 10.1. The standard InChI is InChI=1S/C16H21ClN4O2S/c1-9(14(22)19-16(2,3)4)24-15-18-13(20-21-15)11-8-10(17)6-7-12(11)23-5/h6-9H,1-5H3,(H,19,22)(H,18,20,21)/t9-/m0/s1. The fourth-order valence-electron chi connectivity index (χ4n) is 1.97. The lowest BCUT2D eigenvalue weighted by molar-refractivity contribution is -0.121. The summed E-state index contributed by atoms with van der Waals surface area (Å²) in [5, 5.41) is 10.7. The molecule has 0 aliphatic heterocycles. The van der Waals surface area contributed by atoms with Gasteiger partial charge in [-0.3, -0.25) is 9.89 Å². The fraction of sp³-hybridized carbons (Fsp3) is 0.438. The number of ether oxygens (including phenoxy) is 1. The highest BCUT2D eigenvalue weighted by Crippen LogP contribution is 2.31.